The summed E-state index contributed by atoms with van der Waals surface area (Å²) in [6.07, 6.45) is 5.13. The molecular weight excluding hydrogens is 928 g/mol. The Balaban J connectivity index is 1.15. The first-order chi connectivity index (χ1) is 31.2. The number of pyridine rings is 1. The molecule has 2 aromatic heterocycles. The molecule has 1 aromatic carbocycles. The Bertz CT molecular complexity index is 2330. The smallest absolute Gasteiger partial charge is 0.384 e. The molecule has 3 saturated heterocycles. The van der Waals surface area contributed by atoms with E-state index in [1.807, 2.05) is 0 Å². The molecule has 5 atom stereocenters. The van der Waals surface area contributed by atoms with Crippen LogP contribution in [0.3, 0.4) is 0 Å². The van der Waals surface area contributed by atoms with Crippen LogP contribution < -0.4 is 10.9 Å². The second kappa shape index (κ2) is 23.1. The van der Waals surface area contributed by atoms with Crippen molar-refractivity contribution in [3.63, 3.8) is 0 Å². The monoisotopic (exact) mass is 979 g/mol. The largest absolute Gasteiger partial charge is 0.404 e. The van der Waals surface area contributed by atoms with Gasteiger partial charge in [0, 0.05) is 86.1 Å². The summed E-state index contributed by atoms with van der Waals surface area (Å²) < 4.78 is 67.6. The summed E-state index contributed by atoms with van der Waals surface area (Å²) in [4.78, 5) is 84.5. The van der Waals surface area contributed by atoms with Gasteiger partial charge in [0.15, 0.2) is 10.2 Å². The number of fused-ring (bicyclic) bond motifs is 2. The van der Waals surface area contributed by atoms with E-state index in [-0.39, 0.29) is 94.6 Å². The molecule has 3 aromatic rings. The number of hydrogen-bond donors (Lipinski definition) is 2. The van der Waals surface area contributed by atoms with Crippen LogP contribution in [-0.4, -0.2) is 126 Å². The van der Waals surface area contributed by atoms with E-state index in [1.165, 1.54) is 38.6 Å². The lowest BCUT2D eigenvalue weighted by atomic mass is 9.91. The lowest BCUT2D eigenvalue weighted by Gasteiger charge is -2.36. The molecule has 0 aliphatic carbocycles. The van der Waals surface area contributed by atoms with Crippen molar-refractivity contribution in [2.45, 2.75) is 81.1 Å². The van der Waals surface area contributed by atoms with E-state index >= 15 is 8.78 Å². The fourth-order valence-corrected chi connectivity index (χ4v) is 12.3. The maximum absolute atomic E-state index is 16.4. The second-order valence-electron chi connectivity index (χ2n) is 15.9. The van der Waals surface area contributed by atoms with E-state index in [2.05, 4.69) is 16.4 Å². The summed E-state index contributed by atoms with van der Waals surface area (Å²) in [5.74, 6) is -2.37. The van der Waals surface area contributed by atoms with Gasteiger partial charge in [-0.3, -0.25) is 33.3 Å². The molecule has 0 saturated carbocycles. The molecule has 352 valence electrons. The Morgan fingerprint density at radius 3 is 2.25 bits per heavy atom. The van der Waals surface area contributed by atoms with Crippen molar-refractivity contribution in [2.75, 3.05) is 65.2 Å². The Kier molecular flexibility index (Phi) is 17.9. The molecule has 2 N–H and O–H groups in total. The van der Waals surface area contributed by atoms with Crippen molar-refractivity contribution in [3.8, 4) is 6.07 Å². The number of H-pyrrole nitrogens is 1. The SMILES string of the molecule is COCCC(=O)SCCOP(=O)(OCCSC(=O)CCOC)C(F)(F)c1ccc2sc(C(=O)NC3CCCC[C@H]4CC[C@@H](C(=O)N5C[C@H](c6cc[nH]c(=O)c6)[C@@H](C#N)C5)N4C3=O)cc2c1. The van der Waals surface area contributed by atoms with Gasteiger partial charge in [0.2, 0.25) is 17.4 Å². The minimum absolute atomic E-state index is 0.0857. The van der Waals surface area contributed by atoms with Crippen LogP contribution in [0.25, 0.3) is 10.1 Å². The van der Waals surface area contributed by atoms with Crippen molar-refractivity contribution >= 4 is 80.5 Å². The van der Waals surface area contributed by atoms with Gasteiger partial charge in [0.1, 0.15) is 12.1 Å². The highest BCUT2D eigenvalue weighted by molar-refractivity contribution is 8.13. The molecule has 65 heavy (non-hydrogen) atoms. The predicted octanol–water partition coefficient (Wildman–Crippen LogP) is 6.26. The van der Waals surface area contributed by atoms with Gasteiger partial charge in [0.25, 0.3) is 5.91 Å². The molecule has 3 aliphatic heterocycles. The number of carbonyl (C=O) groups excluding carboxylic acids is 5. The van der Waals surface area contributed by atoms with Crippen LogP contribution in [0.1, 0.15) is 78.1 Å². The number of amides is 3. The standard InChI is InChI=1S/C43H52F2N5O11PS3/c1-58-15-12-38(52)63-19-17-60-62(57,61-18-20-64-39(53)13-16-59-2)43(44,45)30-7-10-35-28(21-30)22-36(65-35)40(54)48-33-6-4-3-5-31-8-9-34(50(31)41(33)55)42(56)49-25-29(24-46)32(26-49)27-11-14-47-37(51)23-27/h7,10-11,14,21-23,29,31-34H,3-6,8-9,12-13,15-20,25-26H2,1-2H3,(H,47,51)(H,48,54)/t29-,31-,32+,33?,34-/m0/s1. The lowest BCUT2D eigenvalue weighted by Crippen LogP contribution is -2.56. The van der Waals surface area contributed by atoms with Gasteiger partial charge in [-0.2, -0.15) is 14.0 Å². The molecular formula is C43H52F2N5O11PS3. The van der Waals surface area contributed by atoms with E-state index in [9.17, 15) is 38.6 Å². The minimum atomic E-state index is -5.29. The van der Waals surface area contributed by atoms with Gasteiger partial charge in [-0.05, 0) is 60.9 Å². The Hall–Kier alpha value is -4.00. The number of likely N-dealkylation sites (tertiary alicyclic amines) is 1. The number of aromatic nitrogens is 1. The second-order valence-corrected chi connectivity index (χ2v) is 21.3. The van der Waals surface area contributed by atoms with Crippen molar-refractivity contribution in [1.29, 1.82) is 5.26 Å². The Morgan fingerprint density at radius 1 is 0.923 bits per heavy atom. The van der Waals surface area contributed by atoms with Crippen LogP contribution in [0.2, 0.25) is 0 Å². The highest BCUT2D eigenvalue weighted by Gasteiger charge is 2.55. The maximum Gasteiger partial charge on any atom is 0.404 e. The number of thiophene rings is 1. The molecule has 22 heteroatoms. The number of aromatic amines is 1. The van der Waals surface area contributed by atoms with Crippen LogP contribution >= 0.6 is 42.5 Å². The topological polar surface area (TPSA) is 214 Å². The van der Waals surface area contributed by atoms with Gasteiger partial charge in [-0.1, -0.05) is 42.4 Å². The third kappa shape index (κ3) is 12.3. The fraction of sp³-hybridized carbons (Fsp3) is 0.558. The van der Waals surface area contributed by atoms with E-state index in [1.54, 1.807) is 15.9 Å². The van der Waals surface area contributed by atoms with Gasteiger partial charge in [0.05, 0.1) is 43.3 Å². The number of nitrogens with zero attached hydrogens (tertiary/aromatic N) is 3. The predicted molar refractivity (Wildman–Crippen MR) is 242 cm³/mol. The van der Waals surface area contributed by atoms with Crippen molar-refractivity contribution < 1.29 is 55.8 Å². The zero-order valence-electron chi connectivity index (χ0n) is 36.0. The van der Waals surface area contributed by atoms with Crippen LogP contribution in [0, 0.1) is 17.2 Å². The number of carbonyl (C=O) groups is 5. The molecule has 6 rings (SSSR count). The van der Waals surface area contributed by atoms with Crippen molar-refractivity contribution in [1.82, 2.24) is 20.1 Å². The number of ether oxygens (including phenoxy) is 2. The van der Waals surface area contributed by atoms with Crippen LogP contribution in [0.5, 0.6) is 0 Å². The first-order valence-electron chi connectivity index (χ1n) is 21.3. The van der Waals surface area contributed by atoms with Gasteiger partial charge < -0.3 is 38.6 Å². The number of hydrogen-bond acceptors (Lipinski definition) is 15. The Labute approximate surface area is 387 Å². The van der Waals surface area contributed by atoms with E-state index in [0.29, 0.717) is 42.4 Å². The van der Waals surface area contributed by atoms with Crippen LogP contribution in [-0.2, 0) is 47.9 Å². The maximum atomic E-state index is 16.4. The van der Waals surface area contributed by atoms with Crippen LogP contribution in [0.4, 0.5) is 8.78 Å². The summed E-state index contributed by atoms with van der Waals surface area (Å²) in [5.41, 5.74) is -4.56. The zero-order valence-corrected chi connectivity index (χ0v) is 39.3. The first kappa shape index (κ1) is 50.4. The summed E-state index contributed by atoms with van der Waals surface area (Å²) in [5, 5.41) is 12.5. The van der Waals surface area contributed by atoms with Gasteiger partial charge >= 0.3 is 13.3 Å². The molecule has 3 fully saturated rings. The molecule has 5 heterocycles. The number of nitrogens with one attached hydrogen (secondary N) is 2. The van der Waals surface area contributed by atoms with E-state index < -0.39 is 61.9 Å². The number of benzene rings is 1. The fourth-order valence-electron chi connectivity index (χ4n) is 8.33. The molecule has 1 unspecified atom stereocenters. The van der Waals surface area contributed by atoms with Crippen molar-refractivity contribution in [3.05, 3.63) is 69.0 Å². The summed E-state index contributed by atoms with van der Waals surface area (Å²) in [7, 11) is -2.42. The third-order valence-electron chi connectivity index (χ3n) is 11.6. The molecule has 0 spiro atoms. The average Bonchev–Trinajstić information content (AvgIpc) is 4.05. The number of nitriles is 1. The Morgan fingerprint density at radius 2 is 1.60 bits per heavy atom. The quantitative estimate of drug-likeness (QED) is 0.0946. The number of alkyl halides is 2. The first-order valence-corrected chi connectivity index (χ1v) is 25.6. The number of halogens is 2. The third-order valence-corrected chi connectivity index (χ3v) is 16.5. The number of methoxy groups -OCH3 is 2. The lowest BCUT2D eigenvalue weighted by molar-refractivity contribution is -0.146. The highest BCUT2D eigenvalue weighted by Crippen LogP contribution is 2.67. The average molecular weight is 980 g/mol. The van der Waals surface area contributed by atoms with E-state index in [4.69, 9.17) is 18.5 Å². The molecule has 3 aliphatic rings. The number of thioether (sulfide) groups is 2. The zero-order chi connectivity index (χ0) is 46.7. The molecule has 0 radical (unpaired) electrons. The number of rotatable bonds is 20. The van der Waals surface area contributed by atoms with Crippen molar-refractivity contribution in [2.24, 2.45) is 5.92 Å². The van der Waals surface area contributed by atoms with Crippen LogP contribution in [0.15, 0.2) is 47.4 Å². The molecule has 0 bridgehead atoms. The molecule has 3 amide bonds. The van der Waals surface area contributed by atoms with Gasteiger partial charge in [-0.15, -0.1) is 11.3 Å². The highest BCUT2D eigenvalue weighted by atomic mass is 32.2. The minimum Gasteiger partial charge on any atom is -0.384 e. The summed E-state index contributed by atoms with van der Waals surface area (Å²) >= 11 is 2.64. The van der Waals surface area contributed by atoms with E-state index in [0.717, 1.165) is 53.4 Å². The van der Waals surface area contributed by atoms with Gasteiger partial charge in [-0.25, -0.2) is 0 Å². The normalized spacial score (nSPS) is 21.5. The summed E-state index contributed by atoms with van der Waals surface area (Å²) in [6.45, 7) is -0.291. The molecule has 16 nitrogen and oxygen atoms in total. The summed E-state index contributed by atoms with van der Waals surface area (Å²) in [6, 6.07) is 8.37.